The van der Waals surface area contributed by atoms with Crippen molar-refractivity contribution in [2.75, 3.05) is 0 Å². The van der Waals surface area contributed by atoms with E-state index in [-0.39, 0.29) is 0 Å². The normalized spacial score (nSPS) is 11.5. The van der Waals surface area contributed by atoms with Crippen molar-refractivity contribution in [3.63, 3.8) is 0 Å². The molecule has 20 aromatic carbocycles. The van der Waals surface area contributed by atoms with Crippen molar-refractivity contribution in [1.29, 1.82) is 10.5 Å². The first kappa shape index (κ1) is 73.8. The van der Waals surface area contributed by atoms with Crippen LogP contribution >= 0.6 is 0 Å². The van der Waals surface area contributed by atoms with Gasteiger partial charge < -0.3 is 0 Å². The highest BCUT2D eigenvalue weighted by atomic mass is 15.0. The summed E-state index contributed by atoms with van der Waals surface area (Å²) >= 11 is 0. The summed E-state index contributed by atoms with van der Waals surface area (Å²) < 4.78 is 0. The van der Waals surface area contributed by atoms with Gasteiger partial charge in [0.15, 0.2) is 34.9 Å². The van der Waals surface area contributed by atoms with Gasteiger partial charge in [-0.05, 0) is 213 Å². The molecule has 0 amide bonds. The van der Waals surface area contributed by atoms with Crippen molar-refractivity contribution in [2.45, 2.75) is 0 Å². The van der Waals surface area contributed by atoms with Crippen LogP contribution in [0.3, 0.4) is 0 Å². The lowest BCUT2D eigenvalue weighted by Crippen LogP contribution is -2.00. The standard InChI is InChI=1S/C60H36N4.C58H34N4/c61-37-38-15-16-43-25-30-48(36-49(43)35-38)51-32-34-55-53-14-8-7-13-52(53)54-33-31-50(56(51)57(54)55)44-26-21-41(22-27-44)39-17-19-40(20-18-39)42-23-28-47(29-24-42)60-63-58(45-9-3-1-4-10-45)62-59(64-60)46-11-5-2-6-12-46;59-35-36-19-20-37-21-26-42(34-43(37)33-36)45-28-30-51-48-17-9-10-18-49(48)52-31-32-53(54(45)55(51)52)50-29-27-44(46-15-7-8-16-47(46)50)38-22-24-41(25-23-38)58-61-56(39-11-3-1-4-12-39)60-57(62-58)40-13-5-2-6-14-40/h1-36H;1-34H. The van der Waals surface area contributed by atoms with Crippen LogP contribution in [0.5, 0.6) is 0 Å². The number of hydrogen-bond donors (Lipinski definition) is 0. The first-order valence-electron chi connectivity index (χ1n) is 42.3. The molecule has 0 atom stereocenters. The lowest BCUT2D eigenvalue weighted by Gasteiger charge is -2.18. The molecular formula is C118H70N8. The Morgan fingerprint density at radius 2 is 0.365 bits per heavy atom. The predicted molar refractivity (Wildman–Crippen MR) is 516 cm³/mol. The van der Waals surface area contributed by atoms with Gasteiger partial charge >= 0.3 is 0 Å². The highest BCUT2D eigenvalue weighted by Gasteiger charge is 2.29. The Balaban J connectivity index is 0.000000145. The molecule has 2 aromatic heterocycles. The second kappa shape index (κ2) is 31.1. The summed E-state index contributed by atoms with van der Waals surface area (Å²) in [6.45, 7) is 0. The van der Waals surface area contributed by atoms with Crippen molar-refractivity contribution in [2.24, 2.45) is 0 Å². The van der Waals surface area contributed by atoms with Crippen LogP contribution in [0.4, 0.5) is 0 Å². The average Bonchev–Trinajstić information content (AvgIpc) is 1.56. The minimum absolute atomic E-state index is 0.631. The molecule has 2 heterocycles. The van der Waals surface area contributed by atoms with Gasteiger partial charge in [0.05, 0.1) is 23.3 Å². The maximum absolute atomic E-state index is 9.71. The Hall–Kier alpha value is -17.3. The van der Waals surface area contributed by atoms with Gasteiger partial charge in [0.1, 0.15) is 0 Å². The summed E-state index contributed by atoms with van der Waals surface area (Å²) in [5.74, 6) is 3.85. The van der Waals surface area contributed by atoms with Gasteiger partial charge in [-0.15, -0.1) is 0 Å². The fraction of sp³-hybridized carbons (Fsp3) is 0. The van der Waals surface area contributed by atoms with Crippen LogP contribution < -0.4 is 0 Å². The van der Waals surface area contributed by atoms with E-state index in [1.807, 2.05) is 158 Å². The van der Waals surface area contributed by atoms with Crippen molar-refractivity contribution < 1.29 is 0 Å². The Kier molecular flexibility index (Phi) is 18.2. The Morgan fingerprint density at radius 1 is 0.143 bits per heavy atom. The van der Waals surface area contributed by atoms with Crippen LogP contribution in [-0.2, 0) is 0 Å². The van der Waals surface area contributed by atoms with Gasteiger partial charge in [-0.25, -0.2) is 29.9 Å². The molecule has 0 bridgehead atoms. The molecule has 0 spiro atoms. The van der Waals surface area contributed by atoms with Crippen LogP contribution in [0, 0.1) is 22.7 Å². The molecule has 8 nitrogen and oxygen atoms in total. The quantitative estimate of drug-likeness (QED) is 0.112. The molecule has 22 aromatic rings. The SMILES string of the molecule is N#Cc1ccc2ccc(-c3ccc4c5c(ccc(-c6ccc(-c7ccc(-c8ccc(-c9nc(-c%10ccccc%10)nc(-c%10ccccc%10)n9)cc8)cc7)cc6)c35)-c3ccccc3-4)cc2c1.N#Cc1ccc2ccc(-c3ccc4c5c(ccc(-c6ccc(-c7ccc(-c8nc(-c9ccccc9)nc(-c9ccccc9)n8)cc7)c7ccccc67)c35)-c3ccccc3-4)cc2c1. The van der Waals surface area contributed by atoms with E-state index in [0.717, 1.165) is 99.4 Å². The van der Waals surface area contributed by atoms with Crippen molar-refractivity contribution >= 4 is 53.9 Å². The number of nitrogens with zero attached hydrogens (tertiary/aromatic N) is 8. The number of nitriles is 2. The molecule has 0 radical (unpaired) electrons. The monoisotopic (exact) mass is 1600 g/mol. The largest absolute Gasteiger partial charge is 0.208 e. The molecule has 582 valence electrons. The highest BCUT2D eigenvalue weighted by molar-refractivity contribution is 6.25. The number of benzene rings is 20. The van der Waals surface area contributed by atoms with Crippen LogP contribution in [0.25, 0.3) is 245 Å². The second-order valence-corrected chi connectivity index (χ2v) is 32.1. The van der Waals surface area contributed by atoms with E-state index in [0.29, 0.717) is 46.1 Å². The molecule has 0 saturated carbocycles. The van der Waals surface area contributed by atoms with Crippen LogP contribution in [-0.4, -0.2) is 29.9 Å². The van der Waals surface area contributed by atoms with Crippen molar-refractivity contribution in [1.82, 2.24) is 29.9 Å². The van der Waals surface area contributed by atoms with E-state index < -0.39 is 0 Å². The van der Waals surface area contributed by atoms with Gasteiger partial charge in [0, 0.05) is 33.4 Å². The third-order valence-electron chi connectivity index (χ3n) is 24.9. The van der Waals surface area contributed by atoms with Gasteiger partial charge in [-0.1, -0.05) is 388 Å². The zero-order valence-electron chi connectivity index (χ0n) is 68.0. The van der Waals surface area contributed by atoms with E-state index in [4.69, 9.17) is 29.9 Å². The summed E-state index contributed by atoms with van der Waals surface area (Å²) in [4.78, 5) is 29.5. The summed E-state index contributed by atoms with van der Waals surface area (Å²) in [5, 5.41) is 31.1. The Morgan fingerprint density at radius 3 is 0.706 bits per heavy atom. The number of aromatic nitrogens is 6. The van der Waals surface area contributed by atoms with Gasteiger partial charge in [-0.3, -0.25) is 0 Å². The van der Waals surface area contributed by atoms with Crippen LogP contribution in [0.2, 0.25) is 0 Å². The van der Waals surface area contributed by atoms with Gasteiger partial charge in [0.2, 0.25) is 0 Å². The van der Waals surface area contributed by atoms with Gasteiger partial charge in [0.25, 0.3) is 0 Å². The lowest BCUT2D eigenvalue weighted by atomic mass is 9.85. The Bertz CT molecular complexity index is 8050. The number of hydrogen-bond acceptors (Lipinski definition) is 8. The zero-order valence-corrected chi connectivity index (χ0v) is 68.0. The van der Waals surface area contributed by atoms with Crippen LogP contribution in [0.15, 0.2) is 425 Å². The molecule has 0 N–H and O–H groups in total. The zero-order chi connectivity index (χ0) is 83.7. The highest BCUT2D eigenvalue weighted by Crippen LogP contribution is 2.55. The van der Waals surface area contributed by atoms with Crippen molar-refractivity contribution in [3.8, 4) is 203 Å². The maximum atomic E-state index is 9.71. The summed E-state index contributed by atoms with van der Waals surface area (Å²) in [6, 6.07) is 154. The average molecular weight is 1600 g/mol. The fourth-order valence-corrected chi connectivity index (χ4v) is 18.7. The summed E-state index contributed by atoms with van der Waals surface area (Å²) in [7, 11) is 0. The molecular weight excluding hydrogens is 1530 g/mol. The molecule has 0 unspecified atom stereocenters. The second-order valence-electron chi connectivity index (χ2n) is 32.1. The van der Waals surface area contributed by atoms with Crippen LogP contribution in [0.1, 0.15) is 11.1 Å². The predicted octanol–water partition coefficient (Wildman–Crippen LogP) is 30.2. The maximum Gasteiger partial charge on any atom is 0.164 e. The minimum atomic E-state index is 0.631. The van der Waals surface area contributed by atoms with E-state index in [2.05, 4.69) is 279 Å². The third-order valence-corrected chi connectivity index (χ3v) is 24.9. The number of rotatable bonds is 13. The van der Waals surface area contributed by atoms with E-state index in [1.165, 1.54) is 110 Å². The molecule has 8 heteroatoms. The van der Waals surface area contributed by atoms with Gasteiger partial charge in [-0.2, -0.15) is 10.5 Å². The number of fused-ring (bicyclic) bond motifs is 9. The van der Waals surface area contributed by atoms with E-state index in [9.17, 15) is 10.5 Å². The molecule has 24 rings (SSSR count). The molecule has 0 saturated heterocycles. The first-order valence-corrected chi connectivity index (χ1v) is 42.3. The summed E-state index contributed by atoms with van der Waals surface area (Å²) in [5.41, 5.74) is 33.3. The molecule has 126 heavy (non-hydrogen) atoms. The summed E-state index contributed by atoms with van der Waals surface area (Å²) in [6.07, 6.45) is 0. The smallest absolute Gasteiger partial charge is 0.164 e. The first-order chi connectivity index (χ1) is 62.3. The topological polar surface area (TPSA) is 125 Å². The molecule has 2 aliphatic rings. The van der Waals surface area contributed by atoms with Crippen molar-refractivity contribution in [3.05, 3.63) is 436 Å². The van der Waals surface area contributed by atoms with E-state index in [1.54, 1.807) is 0 Å². The third kappa shape index (κ3) is 13.2. The molecule has 2 aliphatic carbocycles. The Labute approximate surface area is 728 Å². The molecule has 0 aliphatic heterocycles. The minimum Gasteiger partial charge on any atom is -0.208 e. The van der Waals surface area contributed by atoms with E-state index >= 15 is 0 Å². The fourth-order valence-electron chi connectivity index (χ4n) is 18.7. The lowest BCUT2D eigenvalue weighted by molar-refractivity contribution is 1.07. The molecule has 0 fully saturated rings.